The Hall–Kier alpha value is -1.31. The third kappa shape index (κ3) is 3.64. The van der Waals surface area contributed by atoms with Crippen LogP contribution in [-0.2, 0) is 19.1 Å². The number of halogens is 3. The highest BCUT2D eigenvalue weighted by Crippen LogP contribution is 2.40. The number of carbonyl (C=O) groups excluding carboxylic acids is 2. The van der Waals surface area contributed by atoms with E-state index in [1.165, 1.54) is 13.8 Å². The summed E-state index contributed by atoms with van der Waals surface area (Å²) in [6.07, 6.45) is 0.124. The van der Waals surface area contributed by atoms with Crippen LogP contribution in [0.4, 0.5) is 0 Å². The summed E-state index contributed by atoms with van der Waals surface area (Å²) >= 11 is 15.7. The molecule has 9 heteroatoms. The van der Waals surface area contributed by atoms with E-state index in [1.54, 1.807) is 12.1 Å². The summed E-state index contributed by atoms with van der Waals surface area (Å²) < 4.78 is 13.3. The lowest BCUT2D eigenvalue weighted by molar-refractivity contribution is -0.164. The number of imidazole rings is 1. The summed E-state index contributed by atoms with van der Waals surface area (Å²) in [5.41, 5.74) is 1.42. The molecule has 1 aromatic carbocycles. The number of ether oxygens (including phenoxy) is 2. The molecule has 25 heavy (non-hydrogen) atoms. The molecule has 0 radical (unpaired) electrons. The SMILES string of the molecule is CC(=O)OC1CCC(n2c(Br)nc3cc(Cl)c(Cl)cc32)C1OC(C)=O. The summed E-state index contributed by atoms with van der Waals surface area (Å²) in [4.78, 5) is 27.4. The molecule has 3 rings (SSSR count). The zero-order valence-corrected chi connectivity index (χ0v) is 16.6. The van der Waals surface area contributed by atoms with Crippen molar-refractivity contribution in [2.45, 2.75) is 44.9 Å². The van der Waals surface area contributed by atoms with Crippen LogP contribution >= 0.6 is 39.1 Å². The molecule has 0 N–H and O–H groups in total. The number of nitrogens with zero attached hydrogens (tertiary/aromatic N) is 2. The zero-order valence-electron chi connectivity index (χ0n) is 13.5. The van der Waals surface area contributed by atoms with E-state index in [2.05, 4.69) is 20.9 Å². The number of hydrogen-bond acceptors (Lipinski definition) is 5. The van der Waals surface area contributed by atoms with Crippen molar-refractivity contribution < 1.29 is 19.1 Å². The van der Waals surface area contributed by atoms with E-state index >= 15 is 0 Å². The number of esters is 2. The molecule has 0 aliphatic heterocycles. The van der Waals surface area contributed by atoms with Crippen LogP contribution in [0.3, 0.4) is 0 Å². The molecule has 1 heterocycles. The Morgan fingerprint density at radius 2 is 1.80 bits per heavy atom. The molecular weight excluding hydrogens is 435 g/mol. The third-order valence-electron chi connectivity index (χ3n) is 4.13. The van der Waals surface area contributed by atoms with Gasteiger partial charge in [0.15, 0.2) is 10.8 Å². The lowest BCUT2D eigenvalue weighted by Gasteiger charge is -2.26. The van der Waals surface area contributed by atoms with E-state index in [1.807, 2.05) is 4.57 Å². The Bertz CT molecular complexity index is 854. The predicted octanol–water partition coefficient (Wildman–Crippen LogP) is 4.30. The third-order valence-corrected chi connectivity index (χ3v) is 5.41. The molecule has 134 valence electrons. The highest BCUT2D eigenvalue weighted by Gasteiger charge is 2.43. The molecule has 3 atom stereocenters. The van der Waals surface area contributed by atoms with E-state index in [4.69, 9.17) is 32.7 Å². The van der Waals surface area contributed by atoms with Gasteiger partial charge in [-0.15, -0.1) is 0 Å². The van der Waals surface area contributed by atoms with Gasteiger partial charge in [-0.2, -0.15) is 0 Å². The van der Waals surface area contributed by atoms with Gasteiger partial charge in [0.1, 0.15) is 6.10 Å². The van der Waals surface area contributed by atoms with Crippen molar-refractivity contribution in [2.75, 3.05) is 0 Å². The van der Waals surface area contributed by atoms with Crippen molar-refractivity contribution in [3.63, 3.8) is 0 Å². The molecule has 6 nitrogen and oxygen atoms in total. The first kappa shape index (κ1) is 18.5. The van der Waals surface area contributed by atoms with Crippen molar-refractivity contribution in [3.8, 4) is 0 Å². The monoisotopic (exact) mass is 448 g/mol. The molecule has 1 saturated carbocycles. The fraction of sp³-hybridized carbons (Fsp3) is 0.438. The highest BCUT2D eigenvalue weighted by atomic mass is 79.9. The first-order valence-corrected chi connectivity index (χ1v) is 9.19. The minimum absolute atomic E-state index is 0.245. The van der Waals surface area contributed by atoms with Gasteiger partial charge < -0.3 is 14.0 Å². The Morgan fingerprint density at radius 1 is 1.16 bits per heavy atom. The lowest BCUT2D eigenvalue weighted by atomic mass is 10.2. The molecule has 3 unspecified atom stereocenters. The summed E-state index contributed by atoms with van der Waals surface area (Å²) in [6.45, 7) is 2.67. The normalized spacial score (nSPS) is 23.0. The number of carbonyl (C=O) groups is 2. The number of hydrogen-bond donors (Lipinski definition) is 0. The van der Waals surface area contributed by atoms with Crippen LogP contribution in [0.5, 0.6) is 0 Å². The summed E-state index contributed by atoms with van der Waals surface area (Å²) in [7, 11) is 0. The number of aromatic nitrogens is 2. The largest absolute Gasteiger partial charge is 0.459 e. The van der Waals surface area contributed by atoms with Gasteiger partial charge in [-0.1, -0.05) is 23.2 Å². The van der Waals surface area contributed by atoms with Crippen LogP contribution in [0.1, 0.15) is 32.7 Å². The van der Waals surface area contributed by atoms with E-state index in [0.717, 1.165) is 5.52 Å². The van der Waals surface area contributed by atoms with E-state index in [0.29, 0.717) is 33.1 Å². The van der Waals surface area contributed by atoms with Gasteiger partial charge in [-0.05, 0) is 40.9 Å². The average molecular weight is 450 g/mol. The molecule has 1 aliphatic carbocycles. The minimum atomic E-state index is -0.607. The second-order valence-electron chi connectivity index (χ2n) is 5.87. The van der Waals surface area contributed by atoms with E-state index in [9.17, 15) is 9.59 Å². The lowest BCUT2D eigenvalue weighted by Crippen LogP contribution is -2.35. The topological polar surface area (TPSA) is 70.4 Å². The summed E-state index contributed by atoms with van der Waals surface area (Å²) in [5.74, 6) is -0.845. The van der Waals surface area contributed by atoms with Gasteiger partial charge >= 0.3 is 11.9 Å². The molecule has 0 bridgehead atoms. The molecule has 0 saturated heterocycles. The second-order valence-corrected chi connectivity index (χ2v) is 7.40. The van der Waals surface area contributed by atoms with Crippen molar-refractivity contribution in [3.05, 3.63) is 26.9 Å². The fourth-order valence-corrected chi connectivity index (χ4v) is 4.21. The highest BCUT2D eigenvalue weighted by molar-refractivity contribution is 9.10. The molecule has 0 amide bonds. The molecule has 1 fully saturated rings. The zero-order chi connectivity index (χ0) is 18.3. The Kier molecular flexibility index (Phi) is 5.27. The second kappa shape index (κ2) is 7.13. The summed E-state index contributed by atoms with van der Waals surface area (Å²) in [5, 5.41) is 0.813. The molecule has 1 aliphatic rings. The van der Waals surface area contributed by atoms with E-state index < -0.39 is 24.1 Å². The average Bonchev–Trinajstić information content (AvgIpc) is 3.00. The Labute approximate surface area is 162 Å². The van der Waals surface area contributed by atoms with Crippen molar-refractivity contribution >= 4 is 62.1 Å². The van der Waals surface area contributed by atoms with Crippen LogP contribution in [-0.4, -0.2) is 33.7 Å². The van der Waals surface area contributed by atoms with Gasteiger partial charge in [-0.3, -0.25) is 9.59 Å². The van der Waals surface area contributed by atoms with Gasteiger partial charge in [0.05, 0.1) is 27.1 Å². The fourth-order valence-electron chi connectivity index (χ4n) is 3.25. The van der Waals surface area contributed by atoms with Crippen molar-refractivity contribution in [1.82, 2.24) is 9.55 Å². The molecule has 2 aromatic rings. The number of rotatable bonds is 3. The van der Waals surface area contributed by atoms with Crippen LogP contribution in [0.15, 0.2) is 16.9 Å². The van der Waals surface area contributed by atoms with Crippen LogP contribution in [0, 0.1) is 0 Å². The van der Waals surface area contributed by atoms with Gasteiger partial charge in [0.2, 0.25) is 0 Å². The van der Waals surface area contributed by atoms with Crippen LogP contribution in [0.2, 0.25) is 10.0 Å². The maximum Gasteiger partial charge on any atom is 0.303 e. The Morgan fingerprint density at radius 3 is 2.44 bits per heavy atom. The first-order chi connectivity index (χ1) is 11.8. The predicted molar refractivity (Wildman–Crippen MR) is 96.8 cm³/mol. The number of benzene rings is 1. The van der Waals surface area contributed by atoms with Gasteiger partial charge in [0, 0.05) is 13.8 Å². The number of fused-ring (bicyclic) bond motifs is 1. The minimum Gasteiger partial charge on any atom is -0.459 e. The molecule has 0 spiro atoms. The molecule has 1 aromatic heterocycles. The first-order valence-electron chi connectivity index (χ1n) is 7.65. The maximum absolute atomic E-state index is 11.6. The standard InChI is InChI=1S/C16H15BrCl2N2O4/c1-7(22)24-14-4-3-12(15(14)25-8(2)23)21-13-6-10(19)9(18)5-11(13)20-16(21)17/h5-6,12,14-15H,3-4H2,1-2H3. The van der Waals surface area contributed by atoms with Crippen LogP contribution < -0.4 is 0 Å². The molecular formula is C16H15BrCl2N2O4. The van der Waals surface area contributed by atoms with Crippen LogP contribution in [0.25, 0.3) is 11.0 Å². The van der Waals surface area contributed by atoms with Crippen molar-refractivity contribution in [1.29, 1.82) is 0 Å². The van der Waals surface area contributed by atoms with Gasteiger partial charge in [-0.25, -0.2) is 4.98 Å². The maximum atomic E-state index is 11.6. The van der Waals surface area contributed by atoms with E-state index in [-0.39, 0.29) is 6.04 Å². The van der Waals surface area contributed by atoms with Gasteiger partial charge in [0.25, 0.3) is 0 Å². The smallest absolute Gasteiger partial charge is 0.303 e. The Balaban J connectivity index is 2.06. The quantitative estimate of drug-likeness (QED) is 0.653. The summed E-state index contributed by atoms with van der Waals surface area (Å²) in [6, 6.07) is 3.16. The van der Waals surface area contributed by atoms with Crippen molar-refractivity contribution in [2.24, 2.45) is 0 Å².